The number of sulfonamides is 1. The van der Waals surface area contributed by atoms with Gasteiger partial charge in [0.25, 0.3) is 10.0 Å². The molecular weight excluding hydrogens is 336 g/mol. The first kappa shape index (κ1) is 14.4. The van der Waals surface area contributed by atoms with Gasteiger partial charge in [0.2, 0.25) is 0 Å². The molecule has 0 spiro atoms. The molecule has 16 heavy (non-hydrogen) atoms. The molecule has 0 bridgehead atoms. The molecule has 0 atom stereocenters. The van der Waals surface area contributed by atoms with Crippen molar-refractivity contribution in [2.45, 2.75) is 29.1 Å². The second-order valence-electron chi connectivity index (χ2n) is 3.61. The fourth-order valence-electron chi connectivity index (χ4n) is 1.50. The van der Waals surface area contributed by atoms with Gasteiger partial charge >= 0.3 is 0 Å². The minimum atomic E-state index is -3.37. The summed E-state index contributed by atoms with van der Waals surface area (Å²) in [6, 6.07) is 1.87. The molecule has 1 aliphatic carbocycles. The maximum atomic E-state index is 11.9. The minimum Gasteiger partial charge on any atom is -0.328 e. The predicted molar refractivity (Wildman–Crippen MR) is 70.6 cm³/mol. The Morgan fingerprint density at radius 1 is 1.50 bits per heavy atom. The van der Waals surface area contributed by atoms with Crippen LogP contribution in [0.15, 0.2) is 20.1 Å². The van der Waals surface area contributed by atoms with Gasteiger partial charge in [0, 0.05) is 16.6 Å². The molecule has 0 saturated heterocycles. The highest BCUT2D eigenvalue weighted by Gasteiger charge is 2.31. The van der Waals surface area contributed by atoms with E-state index in [2.05, 4.69) is 20.7 Å². The van der Waals surface area contributed by atoms with Crippen LogP contribution in [0.5, 0.6) is 0 Å². The molecule has 8 heteroatoms. The Labute approximate surface area is 113 Å². The predicted octanol–water partition coefficient (Wildman–Crippen LogP) is 1.70. The monoisotopic (exact) mass is 346 g/mol. The topological polar surface area (TPSA) is 72.2 Å². The second-order valence-corrected chi connectivity index (χ2v) is 7.29. The van der Waals surface area contributed by atoms with Crippen molar-refractivity contribution < 1.29 is 8.42 Å². The summed E-state index contributed by atoms with van der Waals surface area (Å²) in [7, 11) is -3.37. The van der Waals surface area contributed by atoms with Gasteiger partial charge in [0.05, 0.1) is 0 Å². The van der Waals surface area contributed by atoms with Crippen LogP contribution in [0.3, 0.4) is 0 Å². The fraction of sp³-hybridized carbons (Fsp3) is 0.500. The van der Waals surface area contributed by atoms with Crippen LogP contribution in [0.2, 0.25) is 0 Å². The van der Waals surface area contributed by atoms with Crippen molar-refractivity contribution in [3.05, 3.63) is 15.9 Å². The van der Waals surface area contributed by atoms with Crippen molar-refractivity contribution in [3.8, 4) is 0 Å². The molecule has 1 aliphatic rings. The third kappa shape index (κ3) is 2.96. The van der Waals surface area contributed by atoms with E-state index in [4.69, 9.17) is 5.73 Å². The van der Waals surface area contributed by atoms with Crippen LogP contribution in [0.25, 0.3) is 0 Å². The summed E-state index contributed by atoms with van der Waals surface area (Å²) in [4.78, 5) is 0. The first-order valence-corrected chi connectivity index (χ1v) is 7.65. The van der Waals surface area contributed by atoms with E-state index in [1.165, 1.54) is 11.3 Å². The molecule has 0 aliphatic heterocycles. The number of halogens is 2. The summed E-state index contributed by atoms with van der Waals surface area (Å²) in [5.41, 5.74) is 5.59. The standard InChI is InChI=1S/C8H11BrN2O2S2.ClH/c9-7-1-2-14-8(7)15(12,13)11-6-3-5(10)4-6;/h1-2,5-6,11H,3-4,10H2;1H. The van der Waals surface area contributed by atoms with E-state index in [0.29, 0.717) is 8.68 Å². The Kier molecular flexibility index (Phi) is 4.79. The molecule has 0 radical (unpaired) electrons. The van der Waals surface area contributed by atoms with E-state index < -0.39 is 10.0 Å². The maximum Gasteiger partial charge on any atom is 0.251 e. The Balaban J connectivity index is 0.00000128. The van der Waals surface area contributed by atoms with E-state index >= 15 is 0 Å². The summed E-state index contributed by atoms with van der Waals surface area (Å²) in [5.74, 6) is 0. The molecule has 3 N–H and O–H groups in total. The average molecular weight is 348 g/mol. The summed E-state index contributed by atoms with van der Waals surface area (Å²) in [5, 5.41) is 1.74. The second kappa shape index (κ2) is 5.32. The zero-order chi connectivity index (χ0) is 11.1. The summed E-state index contributed by atoms with van der Waals surface area (Å²) in [6.07, 6.45) is 1.45. The molecule has 0 aromatic carbocycles. The third-order valence-electron chi connectivity index (χ3n) is 2.32. The maximum absolute atomic E-state index is 11.9. The molecule has 92 valence electrons. The molecule has 4 nitrogen and oxygen atoms in total. The van der Waals surface area contributed by atoms with E-state index in [9.17, 15) is 8.42 Å². The van der Waals surface area contributed by atoms with E-state index in [1.54, 1.807) is 11.4 Å². The van der Waals surface area contributed by atoms with Crippen molar-refractivity contribution in [2.75, 3.05) is 0 Å². The molecule has 2 rings (SSSR count). The molecule has 0 unspecified atom stereocenters. The molecule has 1 aromatic heterocycles. The lowest BCUT2D eigenvalue weighted by Gasteiger charge is -2.32. The van der Waals surface area contributed by atoms with Crippen molar-refractivity contribution >= 4 is 49.7 Å². The van der Waals surface area contributed by atoms with Crippen molar-refractivity contribution in [2.24, 2.45) is 5.73 Å². The van der Waals surface area contributed by atoms with Crippen LogP contribution in [-0.4, -0.2) is 20.5 Å². The normalized spacial score (nSPS) is 24.6. The number of hydrogen-bond acceptors (Lipinski definition) is 4. The molecule has 1 saturated carbocycles. The van der Waals surface area contributed by atoms with Crippen LogP contribution in [0.1, 0.15) is 12.8 Å². The SMILES string of the molecule is Cl.NC1CC(NS(=O)(=O)c2sccc2Br)C1. The summed E-state index contributed by atoms with van der Waals surface area (Å²) < 4.78 is 27.3. The fourth-order valence-corrected chi connectivity index (χ4v) is 5.12. The lowest BCUT2D eigenvalue weighted by atomic mass is 9.89. The lowest BCUT2D eigenvalue weighted by molar-refractivity contribution is 0.327. The molecule has 1 aromatic rings. The Hall–Kier alpha value is 0.340. The Morgan fingerprint density at radius 2 is 2.12 bits per heavy atom. The highest BCUT2D eigenvalue weighted by Crippen LogP contribution is 2.29. The lowest BCUT2D eigenvalue weighted by Crippen LogP contribution is -2.50. The van der Waals surface area contributed by atoms with Gasteiger partial charge in [0.15, 0.2) is 0 Å². The van der Waals surface area contributed by atoms with Crippen LogP contribution in [-0.2, 0) is 10.0 Å². The number of hydrogen-bond donors (Lipinski definition) is 2. The van der Waals surface area contributed by atoms with E-state index in [0.717, 1.165) is 12.8 Å². The molecular formula is C8H12BrClN2O2S2. The zero-order valence-corrected chi connectivity index (χ0v) is 12.3. The molecule has 1 fully saturated rings. The van der Waals surface area contributed by atoms with Gasteiger partial charge in [-0.3, -0.25) is 0 Å². The van der Waals surface area contributed by atoms with Gasteiger partial charge in [-0.1, -0.05) is 0 Å². The quantitative estimate of drug-likeness (QED) is 0.874. The van der Waals surface area contributed by atoms with Gasteiger partial charge in [-0.2, -0.15) is 0 Å². The van der Waals surface area contributed by atoms with Crippen LogP contribution in [0.4, 0.5) is 0 Å². The van der Waals surface area contributed by atoms with Gasteiger partial charge in [-0.25, -0.2) is 13.1 Å². The van der Waals surface area contributed by atoms with Gasteiger partial charge in [-0.15, -0.1) is 23.7 Å². The summed E-state index contributed by atoms with van der Waals surface area (Å²) in [6.45, 7) is 0. The van der Waals surface area contributed by atoms with Crippen LogP contribution < -0.4 is 10.5 Å². The molecule has 0 amide bonds. The summed E-state index contributed by atoms with van der Waals surface area (Å²) >= 11 is 4.42. The van der Waals surface area contributed by atoms with E-state index in [1.807, 2.05) is 0 Å². The van der Waals surface area contributed by atoms with Crippen molar-refractivity contribution in [3.63, 3.8) is 0 Å². The van der Waals surface area contributed by atoms with Crippen LogP contribution in [0, 0.1) is 0 Å². The number of nitrogens with one attached hydrogen (secondary N) is 1. The third-order valence-corrected chi connectivity index (χ3v) is 6.52. The van der Waals surface area contributed by atoms with Crippen molar-refractivity contribution in [1.29, 1.82) is 0 Å². The number of thiophene rings is 1. The Morgan fingerprint density at radius 3 is 2.56 bits per heavy atom. The van der Waals surface area contributed by atoms with Gasteiger partial charge < -0.3 is 5.73 Å². The molecule has 1 heterocycles. The highest BCUT2D eigenvalue weighted by atomic mass is 79.9. The average Bonchev–Trinajstić information content (AvgIpc) is 2.48. The highest BCUT2D eigenvalue weighted by molar-refractivity contribution is 9.10. The van der Waals surface area contributed by atoms with Crippen molar-refractivity contribution in [1.82, 2.24) is 4.72 Å². The Bertz CT molecular complexity index is 456. The van der Waals surface area contributed by atoms with Gasteiger partial charge in [0.1, 0.15) is 4.21 Å². The zero-order valence-electron chi connectivity index (χ0n) is 8.22. The first-order chi connectivity index (χ1) is 6.99. The van der Waals surface area contributed by atoms with Gasteiger partial charge in [-0.05, 0) is 40.2 Å². The minimum absolute atomic E-state index is 0. The number of rotatable bonds is 3. The first-order valence-electron chi connectivity index (χ1n) is 4.50. The number of nitrogens with two attached hydrogens (primary N) is 1. The largest absolute Gasteiger partial charge is 0.328 e. The van der Waals surface area contributed by atoms with E-state index in [-0.39, 0.29) is 24.5 Å². The van der Waals surface area contributed by atoms with Crippen LogP contribution >= 0.6 is 39.7 Å². The smallest absolute Gasteiger partial charge is 0.251 e.